The minimum atomic E-state index is -0.634. The van der Waals surface area contributed by atoms with E-state index in [0.29, 0.717) is 18.5 Å². The quantitative estimate of drug-likeness (QED) is 0.756. The van der Waals surface area contributed by atoms with Crippen molar-refractivity contribution in [1.82, 2.24) is 20.4 Å². The summed E-state index contributed by atoms with van der Waals surface area (Å²) in [6, 6.07) is 0.308. The maximum atomic E-state index is 12.8. The summed E-state index contributed by atoms with van der Waals surface area (Å²) < 4.78 is 0. The first-order valence-corrected chi connectivity index (χ1v) is 8.61. The molecule has 1 spiro atoms. The van der Waals surface area contributed by atoms with Gasteiger partial charge in [0.05, 0.1) is 0 Å². The molecule has 1 atom stereocenters. The van der Waals surface area contributed by atoms with Crippen molar-refractivity contribution in [2.75, 3.05) is 32.7 Å². The number of urea groups is 1. The first-order valence-electron chi connectivity index (χ1n) is 8.61. The zero-order chi connectivity index (χ0) is 15.7. The summed E-state index contributed by atoms with van der Waals surface area (Å²) in [7, 11) is 0. The zero-order valence-corrected chi connectivity index (χ0v) is 13.7. The highest BCUT2D eigenvalue weighted by molar-refractivity contribution is 6.07. The lowest BCUT2D eigenvalue weighted by atomic mass is 9.86. The molecule has 2 N–H and O–H groups in total. The van der Waals surface area contributed by atoms with E-state index >= 15 is 0 Å². The standard InChI is InChI=1S/C16H28N4O2/c1-12(2)19-8-5-16(6-9-19)14(21)20(15(22)18-16)11-13-4-3-7-17-10-13/h12-13,17H,3-11H2,1-2H3,(H,18,22). The summed E-state index contributed by atoms with van der Waals surface area (Å²) >= 11 is 0. The SMILES string of the molecule is CC(C)N1CCC2(CC1)NC(=O)N(CC1CCCNC1)C2=O. The molecule has 3 saturated heterocycles. The molecule has 3 rings (SSSR count). The molecule has 3 heterocycles. The van der Waals surface area contributed by atoms with E-state index in [2.05, 4.69) is 29.4 Å². The van der Waals surface area contributed by atoms with Gasteiger partial charge in [0.1, 0.15) is 5.54 Å². The van der Waals surface area contributed by atoms with Gasteiger partial charge in [-0.3, -0.25) is 9.69 Å². The van der Waals surface area contributed by atoms with E-state index in [1.165, 1.54) is 4.90 Å². The molecule has 0 aromatic carbocycles. The molecule has 0 bridgehead atoms. The van der Waals surface area contributed by atoms with Gasteiger partial charge < -0.3 is 15.5 Å². The molecule has 1 unspecified atom stereocenters. The number of imide groups is 1. The van der Waals surface area contributed by atoms with E-state index in [0.717, 1.165) is 51.9 Å². The monoisotopic (exact) mass is 308 g/mol. The number of likely N-dealkylation sites (tertiary alicyclic amines) is 1. The summed E-state index contributed by atoms with van der Waals surface area (Å²) in [5.74, 6) is 0.404. The van der Waals surface area contributed by atoms with Crippen LogP contribution in [0.3, 0.4) is 0 Å². The smallest absolute Gasteiger partial charge is 0.323 e. The Kier molecular flexibility index (Phi) is 4.41. The largest absolute Gasteiger partial charge is 0.325 e. The van der Waals surface area contributed by atoms with Gasteiger partial charge in [-0.1, -0.05) is 0 Å². The molecule has 0 aliphatic carbocycles. The molecule has 6 heteroatoms. The lowest BCUT2D eigenvalue weighted by Gasteiger charge is -2.39. The molecule has 6 nitrogen and oxygen atoms in total. The summed E-state index contributed by atoms with van der Waals surface area (Å²) in [6.45, 7) is 8.62. The molecule has 0 radical (unpaired) electrons. The van der Waals surface area contributed by atoms with Crippen LogP contribution in [0.4, 0.5) is 4.79 Å². The van der Waals surface area contributed by atoms with Crippen LogP contribution in [0.5, 0.6) is 0 Å². The van der Waals surface area contributed by atoms with Gasteiger partial charge in [-0.2, -0.15) is 0 Å². The third kappa shape index (κ3) is 2.86. The number of rotatable bonds is 3. The maximum Gasteiger partial charge on any atom is 0.325 e. The van der Waals surface area contributed by atoms with Crippen LogP contribution in [0.1, 0.15) is 39.5 Å². The average Bonchev–Trinajstić information content (AvgIpc) is 2.73. The van der Waals surface area contributed by atoms with Crippen LogP contribution >= 0.6 is 0 Å². The third-order valence-corrected chi connectivity index (χ3v) is 5.47. The van der Waals surface area contributed by atoms with Crippen LogP contribution < -0.4 is 10.6 Å². The Morgan fingerprint density at radius 1 is 1.27 bits per heavy atom. The van der Waals surface area contributed by atoms with E-state index in [1.807, 2.05) is 0 Å². The van der Waals surface area contributed by atoms with Crippen molar-refractivity contribution in [2.45, 2.75) is 51.1 Å². The van der Waals surface area contributed by atoms with Gasteiger partial charge in [0.2, 0.25) is 0 Å². The lowest BCUT2D eigenvalue weighted by molar-refractivity contribution is -0.133. The number of amides is 3. The van der Waals surface area contributed by atoms with Gasteiger partial charge >= 0.3 is 6.03 Å². The molecule has 0 aromatic heterocycles. The van der Waals surface area contributed by atoms with Gasteiger partial charge in [0.15, 0.2) is 0 Å². The lowest BCUT2D eigenvalue weighted by Crippen LogP contribution is -2.56. The summed E-state index contributed by atoms with van der Waals surface area (Å²) in [4.78, 5) is 29.0. The van der Waals surface area contributed by atoms with Crippen molar-refractivity contribution in [2.24, 2.45) is 5.92 Å². The highest BCUT2D eigenvalue weighted by Gasteiger charge is 2.52. The highest BCUT2D eigenvalue weighted by Crippen LogP contribution is 2.31. The van der Waals surface area contributed by atoms with Gasteiger partial charge in [-0.15, -0.1) is 0 Å². The van der Waals surface area contributed by atoms with Crippen LogP contribution in [0.2, 0.25) is 0 Å². The Balaban J connectivity index is 1.64. The molecular weight excluding hydrogens is 280 g/mol. The number of carbonyl (C=O) groups is 2. The minimum Gasteiger partial charge on any atom is -0.323 e. The number of hydrogen-bond acceptors (Lipinski definition) is 4. The fraction of sp³-hybridized carbons (Fsp3) is 0.875. The van der Waals surface area contributed by atoms with Crippen LogP contribution in [0, 0.1) is 5.92 Å². The summed E-state index contributed by atoms with van der Waals surface area (Å²) in [5.41, 5.74) is -0.634. The van der Waals surface area contributed by atoms with Gasteiger partial charge in [0, 0.05) is 25.7 Å². The fourth-order valence-electron chi connectivity index (χ4n) is 3.94. The van der Waals surface area contributed by atoms with Crippen LogP contribution in [-0.4, -0.2) is 66.0 Å². The summed E-state index contributed by atoms with van der Waals surface area (Å²) in [6.07, 6.45) is 3.69. The van der Waals surface area contributed by atoms with E-state index < -0.39 is 5.54 Å². The molecule has 3 aliphatic rings. The Bertz CT molecular complexity index is 437. The normalized spacial score (nSPS) is 29.4. The van der Waals surface area contributed by atoms with Crippen molar-refractivity contribution in [1.29, 1.82) is 0 Å². The molecule has 0 saturated carbocycles. The highest BCUT2D eigenvalue weighted by atomic mass is 16.2. The topological polar surface area (TPSA) is 64.7 Å². The number of hydrogen-bond donors (Lipinski definition) is 2. The van der Waals surface area contributed by atoms with Gasteiger partial charge in [0.25, 0.3) is 5.91 Å². The third-order valence-electron chi connectivity index (χ3n) is 5.47. The van der Waals surface area contributed by atoms with Gasteiger partial charge in [-0.05, 0) is 58.5 Å². The first-order chi connectivity index (χ1) is 10.5. The molecule has 124 valence electrons. The number of nitrogens with zero attached hydrogens (tertiary/aromatic N) is 2. The van der Waals surface area contributed by atoms with Crippen LogP contribution in [-0.2, 0) is 4.79 Å². The predicted octanol–water partition coefficient (Wildman–Crippen LogP) is 0.781. The molecule has 22 heavy (non-hydrogen) atoms. The van der Waals surface area contributed by atoms with Crippen molar-refractivity contribution in [3.63, 3.8) is 0 Å². The maximum absolute atomic E-state index is 12.8. The van der Waals surface area contributed by atoms with E-state index in [9.17, 15) is 9.59 Å². The molecule has 3 fully saturated rings. The molecular formula is C16H28N4O2. The fourth-order valence-corrected chi connectivity index (χ4v) is 3.94. The number of carbonyl (C=O) groups excluding carboxylic acids is 2. The van der Waals surface area contributed by atoms with Crippen LogP contribution in [0.15, 0.2) is 0 Å². The Labute approximate surface area is 132 Å². The minimum absolute atomic E-state index is 0.00600. The van der Waals surface area contributed by atoms with Crippen molar-refractivity contribution >= 4 is 11.9 Å². The zero-order valence-electron chi connectivity index (χ0n) is 13.7. The number of nitrogens with one attached hydrogen (secondary N) is 2. The van der Waals surface area contributed by atoms with Gasteiger partial charge in [-0.25, -0.2) is 4.79 Å². The van der Waals surface area contributed by atoms with Crippen molar-refractivity contribution < 1.29 is 9.59 Å². The Morgan fingerprint density at radius 3 is 2.59 bits per heavy atom. The van der Waals surface area contributed by atoms with Crippen molar-refractivity contribution in [3.05, 3.63) is 0 Å². The van der Waals surface area contributed by atoms with Crippen molar-refractivity contribution in [3.8, 4) is 0 Å². The van der Waals surface area contributed by atoms with E-state index in [1.54, 1.807) is 0 Å². The van der Waals surface area contributed by atoms with E-state index in [4.69, 9.17) is 0 Å². The summed E-state index contributed by atoms with van der Waals surface area (Å²) in [5, 5.41) is 6.36. The second-order valence-electron chi connectivity index (χ2n) is 7.27. The second-order valence-corrected chi connectivity index (χ2v) is 7.27. The molecule has 0 aromatic rings. The molecule has 3 amide bonds. The Hall–Kier alpha value is -1.14. The predicted molar refractivity (Wildman–Crippen MR) is 84.5 cm³/mol. The first kappa shape index (κ1) is 15.7. The second kappa shape index (κ2) is 6.16. The van der Waals surface area contributed by atoms with Crippen LogP contribution in [0.25, 0.3) is 0 Å². The molecule has 3 aliphatic heterocycles. The number of piperidine rings is 2. The van der Waals surface area contributed by atoms with E-state index in [-0.39, 0.29) is 11.9 Å². The average molecular weight is 308 g/mol. The Morgan fingerprint density at radius 2 is 2.00 bits per heavy atom.